The van der Waals surface area contributed by atoms with Gasteiger partial charge in [0.15, 0.2) is 10.9 Å². The normalized spacial score (nSPS) is 13.5. The van der Waals surface area contributed by atoms with Crippen LogP contribution in [0, 0.1) is 5.92 Å². The highest BCUT2D eigenvalue weighted by molar-refractivity contribution is 7.98. The second-order valence-electron chi connectivity index (χ2n) is 8.37. The third-order valence-corrected chi connectivity index (χ3v) is 6.39. The molecule has 9 heteroatoms. The number of thioether (sulfide) groups is 1. The average molecular weight is 487 g/mol. The van der Waals surface area contributed by atoms with E-state index in [2.05, 4.69) is 15.3 Å². The molecular weight excluding hydrogens is 461 g/mol. The fraction of sp³-hybridized carbons (Fsp3) is 0.320. The third kappa shape index (κ3) is 6.72. The van der Waals surface area contributed by atoms with Crippen LogP contribution < -0.4 is 10.2 Å². The molecule has 178 valence electrons. The Labute approximate surface area is 200 Å². The molecule has 1 aromatic heterocycles. The summed E-state index contributed by atoms with van der Waals surface area (Å²) < 4.78 is 40.4. The zero-order chi connectivity index (χ0) is 24.1. The van der Waals surface area contributed by atoms with E-state index in [4.69, 9.17) is 0 Å². The van der Waals surface area contributed by atoms with E-state index in [9.17, 15) is 18.0 Å². The number of hydrogen-bond donors (Lipinski definition) is 1. The van der Waals surface area contributed by atoms with Crippen molar-refractivity contribution in [3.63, 3.8) is 0 Å². The van der Waals surface area contributed by atoms with Crippen LogP contribution in [0.15, 0.2) is 65.8 Å². The Kier molecular flexibility index (Phi) is 7.41. The highest BCUT2D eigenvalue weighted by Crippen LogP contribution is 2.32. The van der Waals surface area contributed by atoms with Gasteiger partial charge in [0.25, 0.3) is 5.91 Å². The molecule has 5 nitrogen and oxygen atoms in total. The van der Waals surface area contributed by atoms with Gasteiger partial charge < -0.3 is 10.2 Å². The number of nitrogens with zero attached hydrogens (tertiary/aromatic N) is 3. The van der Waals surface area contributed by atoms with Gasteiger partial charge in [-0.3, -0.25) is 4.79 Å². The van der Waals surface area contributed by atoms with Gasteiger partial charge >= 0.3 is 6.18 Å². The van der Waals surface area contributed by atoms with Gasteiger partial charge in [0, 0.05) is 37.5 Å². The molecule has 1 saturated carbocycles. The number of aromatic nitrogens is 2. The van der Waals surface area contributed by atoms with Gasteiger partial charge in [-0.15, -0.1) is 0 Å². The van der Waals surface area contributed by atoms with E-state index in [1.807, 2.05) is 30.3 Å². The molecule has 34 heavy (non-hydrogen) atoms. The van der Waals surface area contributed by atoms with Crippen LogP contribution in [-0.4, -0.2) is 29.5 Å². The molecule has 4 rings (SSSR count). The summed E-state index contributed by atoms with van der Waals surface area (Å²) >= 11 is 1.13. The summed E-state index contributed by atoms with van der Waals surface area (Å²) in [6, 6.07) is 17.5. The molecule has 0 radical (unpaired) electrons. The lowest BCUT2D eigenvalue weighted by Crippen LogP contribution is -2.25. The van der Waals surface area contributed by atoms with E-state index in [1.165, 1.54) is 0 Å². The number of carbonyl (C=O) groups excluding carboxylic acids is 1. The Hall–Kier alpha value is -3.07. The highest BCUT2D eigenvalue weighted by atomic mass is 32.2. The topological polar surface area (TPSA) is 58.1 Å². The smallest absolute Gasteiger partial charge is 0.355 e. The summed E-state index contributed by atoms with van der Waals surface area (Å²) in [5.74, 6) is 1.08. The van der Waals surface area contributed by atoms with Crippen molar-refractivity contribution in [2.45, 2.75) is 36.5 Å². The van der Waals surface area contributed by atoms with Crippen molar-refractivity contribution in [1.82, 2.24) is 15.3 Å². The lowest BCUT2D eigenvalue weighted by atomic mass is 10.1. The third-order valence-electron chi connectivity index (χ3n) is 5.47. The van der Waals surface area contributed by atoms with Gasteiger partial charge in [0.05, 0.1) is 0 Å². The minimum Gasteiger partial charge on any atom is -0.355 e. The van der Waals surface area contributed by atoms with E-state index in [1.54, 1.807) is 36.2 Å². The van der Waals surface area contributed by atoms with Gasteiger partial charge in [-0.25, -0.2) is 9.97 Å². The van der Waals surface area contributed by atoms with E-state index in [-0.39, 0.29) is 16.9 Å². The predicted octanol–water partition coefficient (Wildman–Crippen LogP) is 5.56. The summed E-state index contributed by atoms with van der Waals surface area (Å²) in [6.45, 7) is 1.12. The highest BCUT2D eigenvalue weighted by Gasteiger charge is 2.34. The Morgan fingerprint density at radius 3 is 2.41 bits per heavy atom. The van der Waals surface area contributed by atoms with Crippen LogP contribution in [-0.2, 0) is 18.5 Å². The average Bonchev–Trinajstić information content (AvgIpc) is 3.66. The van der Waals surface area contributed by atoms with Crippen molar-refractivity contribution in [2.75, 3.05) is 18.5 Å². The molecule has 0 unspecified atom stereocenters. The second kappa shape index (κ2) is 10.5. The van der Waals surface area contributed by atoms with Crippen LogP contribution in [0.4, 0.5) is 19.0 Å². The minimum atomic E-state index is -4.57. The molecule has 0 atom stereocenters. The van der Waals surface area contributed by atoms with Crippen molar-refractivity contribution in [1.29, 1.82) is 0 Å². The Bertz CT molecular complexity index is 1120. The van der Waals surface area contributed by atoms with Crippen molar-refractivity contribution in [3.05, 3.63) is 83.0 Å². The summed E-state index contributed by atoms with van der Waals surface area (Å²) in [5, 5.41) is 2.97. The van der Waals surface area contributed by atoms with E-state index in [0.29, 0.717) is 30.3 Å². The number of anilines is 1. The van der Waals surface area contributed by atoms with Gasteiger partial charge in [-0.1, -0.05) is 54.2 Å². The summed E-state index contributed by atoms with van der Waals surface area (Å²) in [6.07, 6.45) is -2.24. The van der Waals surface area contributed by atoms with Crippen LogP contribution >= 0.6 is 11.8 Å². The molecule has 1 heterocycles. The minimum absolute atomic E-state index is 0.0518. The Balaban J connectivity index is 1.44. The summed E-state index contributed by atoms with van der Waals surface area (Å²) in [7, 11) is 1.71. The Morgan fingerprint density at radius 2 is 1.76 bits per heavy atom. The standard InChI is InChI=1S/C25H25F3N4OS/c1-32(15-18-5-3-2-4-6-18)22-13-21(25(26,27)28)30-24(31-22)34-16-19-9-11-20(12-10-19)23(33)29-14-17-7-8-17/h2-6,9-13,17H,7-8,14-16H2,1H3,(H,29,33). The van der Waals surface area contributed by atoms with Crippen molar-refractivity contribution < 1.29 is 18.0 Å². The molecule has 0 bridgehead atoms. The molecule has 2 aromatic carbocycles. The first-order valence-corrected chi connectivity index (χ1v) is 12.0. The number of rotatable bonds is 9. The quantitative estimate of drug-likeness (QED) is 0.317. The maximum atomic E-state index is 13.5. The van der Waals surface area contributed by atoms with E-state index >= 15 is 0 Å². The zero-order valence-corrected chi connectivity index (χ0v) is 19.5. The molecule has 1 N–H and O–H groups in total. The van der Waals surface area contributed by atoms with Crippen LogP contribution in [0.25, 0.3) is 0 Å². The molecule has 0 saturated heterocycles. The van der Waals surface area contributed by atoms with E-state index in [0.717, 1.165) is 41.8 Å². The van der Waals surface area contributed by atoms with Gasteiger partial charge in [0.1, 0.15) is 5.82 Å². The maximum absolute atomic E-state index is 13.5. The molecule has 3 aromatic rings. The molecule has 0 spiro atoms. The van der Waals surface area contributed by atoms with Crippen LogP contribution in [0.1, 0.15) is 40.0 Å². The molecule has 1 amide bonds. The molecule has 1 fully saturated rings. The fourth-order valence-electron chi connectivity index (χ4n) is 3.32. The molecule has 1 aliphatic rings. The van der Waals surface area contributed by atoms with Gasteiger partial charge in [-0.05, 0) is 42.0 Å². The lowest BCUT2D eigenvalue weighted by Gasteiger charge is -2.20. The summed E-state index contributed by atoms with van der Waals surface area (Å²) in [5.41, 5.74) is 1.42. The van der Waals surface area contributed by atoms with Crippen molar-refractivity contribution in [2.24, 2.45) is 5.92 Å². The first kappa shape index (κ1) is 24.1. The molecular formula is C25H25F3N4OS. The van der Waals surface area contributed by atoms with Gasteiger partial charge in [0.2, 0.25) is 0 Å². The van der Waals surface area contributed by atoms with Crippen molar-refractivity contribution >= 4 is 23.5 Å². The maximum Gasteiger partial charge on any atom is 0.433 e. The number of halogens is 3. The number of amides is 1. The van der Waals surface area contributed by atoms with E-state index < -0.39 is 11.9 Å². The lowest BCUT2D eigenvalue weighted by molar-refractivity contribution is -0.141. The molecule has 0 aliphatic heterocycles. The number of carbonyl (C=O) groups is 1. The first-order valence-electron chi connectivity index (χ1n) is 11.0. The van der Waals surface area contributed by atoms with Crippen LogP contribution in [0.5, 0.6) is 0 Å². The summed E-state index contributed by atoms with van der Waals surface area (Å²) in [4.78, 5) is 22.0. The number of nitrogens with one attached hydrogen (secondary N) is 1. The number of hydrogen-bond acceptors (Lipinski definition) is 5. The zero-order valence-electron chi connectivity index (χ0n) is 18.7. The van der Waals surface area contributed by atoms with Crippen molar-refractivity contribution in [3.8, 4) is 0 Å². The largest absolute Gasteiger partial charge is 0.433 e. The molecule has 1 aliphatic carbocycles. The fourth-order valence-corrected chi connectivity index (χ4v) is 4.13. The monoisotopic (exact) mass is 486 g/mol. The second-order valence-corrected chi connectivity index (χ2v) is 9.31. The van der Waals surface area contributed by atoms with Crippen LogP contribution in [0.3, 0.4) is 0 Å². The van der Waals surface area contributed by atoms with Gasteiger partial charge in [-0.2, -0.15) is 13.2 Å². The first-order chi connectivity index (χ1) is 16.3. The Morgan fingerprint density at radius 1 is 1.06 bits per heavy atom. The number of alkyl halides is 3. The predicted molar refractivity (Wildman–Crippen MR) is 127 cm³/mol. The SMILES string of the molecule is CN(Cc1ccccc1)c1cc(C(F)(F)F)nc(SCc2ccc(C(=O)NCC3CC3)cc2)n1. The van der Waals surface area contributed by atoms with Crippen LogP contribution in [0.2, 0.25) is 0 Å². The number of benzene rings is 2.